The van der Waals surface area contributed by atoms with Crippen molar-refractivity contribution < 1.29 is 14.6 Å². The molecule has 1 fully saturated rings. The summed E-state index contributed by atoms with van der Waals surface area (Å²) in [6, 6.07) is 14.8. The zero-order chi connectivity index (χ0) is 22.7. The van der Waals surface area contributed by atoms with E-state index in [1.54, 1.807) is 15.8 Å². The van der Waals surface area contributed by atoms with Crippen LogP contribution in [-0.2, 0) is 4.74 Å². The van der Waals surface area contributed by atoms with Gasteiger partial charge in [-0.1, -0.05) is 54.1 Å². The summed E-state index contributed by atoms with van der Waals surface area (Å²) in [6.45, 7) is 1.05. The Labute approximate surface area is 194 Å². The molecule has 1 aromatic heterocycles. The molecule has 6 rings (SSSR count). The average Bonchev–Trinajstić information content (AvgIpc) is 2.98. The third-order valence-electron chi connectivity index (χ3n) is 6.52. The molecule has 1 aliphatic carbocycles. The van der Waals surface area contributed by atoms with Crippen LogP contribution in [0.1, 0.15) is 38.8 Å². The molecule has 0 spiro atoms. The molecule has 166 valence electrons. The van der Waals surface area contributed by atoms with Crippen LogP contribution in [0.25, 0.3) is 12.2 Å². The number of nitrogens with zero attached hydrogens (tertiary/aromatic N) is 3. The lowest BCUT2D eigenvalue weighted by Gasteiger charge is -2.51. The Morgan fingerprint density at radius 2 is 1.79 bits per heavy atom. The number of ether oxygens (including phenoxy) is 1. The normalized spacial score (nSPS) is 21.1. The maximum absolute atomic E-state index is 13.4. The lowest BCUT2D eigenvalue weighted by Crippen LogP contribution is -2.66. The Bertz CT molecular complexity index is 1380. The van der Waals surface area contributed by atoms with Crippen molar-refractivity contribution in [2.75, 3.05) is 24.8 Å². The van der Waals surface area contributed by atoms with Crippen molar-refractivity contribution >= 4 is 29.7 Å². The van der Waals surface area contributed by atoms with Crippen molar-refractivity contribution in [3.8, 4) is 5.75 Å². The van der Waals surface area contributed by atoms with Crippen molar-refractivity contribution in [1.82, 2.24) is 9.58 Å². The molecular formula is C25H20ClN3O4. The Hall–Kier alpha value is -3.55. The number of halogens is 1. The summed E-state index contributed by atoms with van der Waals surface area (Å²) in [5.74, 6) is -0.931. The zero-order valence-electron chi connectivity index (χ0n) is 17.5. The average molecular weight is 462 g/mol. The van der Waals surface area contributed by atoms with E-state index in [0.29, 0.717) is 24.8 Å². The van der Waals surface area contributed by atoms with Crippen LogP contribution in [0.2, 0.25) is 5.02 Å². The standard InChI is InChI=1S/C25H20ClN3O4/c26-17-7-8-19-16(13-17)6-5-15-3-1-2-4-18(15)22(19)29-21-14-33-12-11-27(21)25(32)23-24(31)20(30)9-10-28(23)29/h1-10,13,21-22,31H,11-12,14H2/t21-,22?/m1/s1. The zero-order valence-corrected chi connectivity index (χ0v) is 18.3. The first-order valence-corrected chi connectivity index (χ1v) is 11.1. The van der Waals surface area contributed by atoms with Gasteiger partial charge in [-0.15, -0.1) is 0 Å². The highest BCUT2D eigenvalue weighted by atomic mass is 35.5. The van der Waals surface area contributed by atoms with Gasteiger partial charge in [0.1, 0.15) is 6.17 Å². The smallest absolute Gasteiger partial charge is 0.278 e. The topological polar surface area (TPSA) is 75.0 Å². The molecule has 33 heavy (non-hydrogen) atoms. The Balaban J connectivity index is 1.67. The maximum atomic E-state index is 13.4. The van der Waals surface area contributed by atoms with Gasteiger partial charge in [-0.3, -0.25) is 19.3 Å². The van der Waals surface area contributed by atoms with Gasteiger partial charge in [0.2, 0.25) is 5.43 Å². The molecule has 3 aromatic rings. The number of hydrogen-bond acceptors (Lipinski definition) is 5. The molecule has 3 aliphatic rings. The van der Waals surface area contributed by atoms with Gasteiger partial charge in [-0.2, -0.15) is 0 Å². The molecule has 1 saturated heterocycles. The number of aromatic hydroxyl groups is 1. The number of hydrogen-bond donors (Lipinski definition) is 1. The monoisotopic (exact) mass is 461 g/mol. The lowest BCUT2D eigenvalue weighted by molar-refractivity contribution is -0.0197. The van der Waals surface area contributed by atoms with Crippen LogP contribution >= 0.6 is 11.6 Å². The minimum atomic E-state index is -0.587. The van der Waals surface area contributed by atoms with Crippen LogP contribution in [0.5, 0.6) is 5.75 Å². The van der Waals surface area contributed by atoms with Gasteiger partial charge in [0, 0.05) is 23.8 Å². The number of morpholine rings is 1. The van der Waals surface area contributed by atoms with E-state index < -0.39 is 17.3 Å². The highest BCUT2D eigenvalue weighted by Gasteiger charge is 2.45. The van der Waals surface area contributed by atoms with Gasteiger partial charge in [0.15, 0.2) is 11.4 Å². The SMILES string of the molecule is O=C1c2c(O)c(=O)ccn2N(C2c3ccccc3C=Cc3cc(Cl)ccc32)[C@@H]2COCCN12. The summed E-state index contributed by atoms with van der Waals surface area (Å²) >= 11 is 6.33. The van der Waals surface area contributed by atoms with E-state index in [1.807, 2.05) is 47.5 Å². The van der Waals surface area contributed by atoms with Gasteiger partial charge >= 0.3 is 0 Å². The van der Waals surface area contributed by atoms with Gasteiger partial charge in [0.25, 0.3) is 5.91 Å². The fourth-order valence-corrected chi connectivity index (χ4v) is 5.19. The second-order valence-corrected chi connectivity index (χ2v) is 8.73. The van der Waals surface area contributed by atoms with E-state index in [9.17, 15) is 14.7 Å². The Morgan fingerprint density at radius 3 is 2.67 bits per heavy atom. The molecule has 2 aliphatic heterocycles. The molecule has 1 amide bonds. The number of carbonyl (C=O) groups is 1. The second kappa shape index (κ2) is 7.50. The first kappa shape index (κ1) is 20.1. The van der Waals surface area contributed by atoms with Crippen molar-refractivity contribution in [3.63, 3.8) is 0 Å². The third-order valence-corrected chi connectivity index (χ3v) is 6.75. The highest BCUT2D eigenvalue weighted by Crippen LogP contribution is 2.41. The van der Waals surface area contributed by atoms with Crippen molar-refractivity contribution in [3.05, 3.63) is 97.9 Å². The van der Waals surface area contributed by atoms with E-state index in [0.717, 1.165) is 22.3 Å². The fraction of sp³-hybridized carbons (Fsp3) is 0.200. The van der Waals surface area contributed by atoms with Crippen LogP contribution in [0.15, 0.2) is 59.5 Å². The first-order valence-electron chi connectivity index (χ1n) is 10.7. The summed E-state index contributed by atoms with van der Waals surface area (Å²) < 4.78 is 7.40. The van der Waals surface area contributed by atoms with Crippen LogP contribution in [-0.4, -0.2) is 46.5 Å². The fourth-order valence-electron chi connectivity index (χ4n) is 5.01. The number of fused-ring (bicyclic) bond motifs is 4. The minimum absolute atomic E-state index is 0.0362. The molecule has 1 N–H and O–H groups in total. The van der Waals surface area contributed by atoms with E-state index in [4.69, 9.17) is 16.3 Å². The van der Waals surface area contributed by atoms with E-state index in [1.165, 1.54) is 6.07 Å². The van der Waals surface area contributed by atoms with Crippen LogP contribution < -0.4 is 10.4 Å². The number of amides is 1. The highest BCUT2D eigenvalue weighted by molar-refractivity contribution is 6.30. The van der Waals surface area contributed by atoms with E-state index in [2.05, 4.69) is 12.1 Å². The maximum Gasteiger partial charge on any atom is 0.278 e. The summed E-state index contributed by atoms with van der Waals surface area (Å²) in [6.07, 6.45) is 5.21. The largest absolute Gasteiger partial charge is 0.502 e. The van der Waals surface area contributed by atoms with Crippen LogP contribution in [0.3, 0.4) is 0 Å². The summed E-state index contributed by atoms with van der Waals surface area (Å²) in [7, 11) is 0. The second-order valence-electron chi connectivity index (χ2n) is 8.29. The minimum Gasteiger partial charge on any atom is -0.502 e. The summed E-state index contributed by atoms with van der Waals surface area (Å²) in [5.41, 5.74) is 3.38. The first-order chi connectivity index (χ1) is 16.0. The predicted molar refractivity (Wildman–Crippen MR) is 125 cm³/mol. The molecule has 2 atom stereocenters. The number of aromatic nitrogens is 1. The van der Waals surface area contributed by atoms with Gasteiger partial charge in [-0.25, -0.2) is 0 Å². The molecule has 1 unspecified atom stereocenters. The molecule has 2 aromatic carbocycles. The molecule has 8 heteroatoms. The number of carbonyl (C=O) groups excluding carboxylic acids is 1. The molecular weight excluding hydrogens is 442 g/mol. The number of benzene rings is 2. The lowest BCUT2D eigenvalue weighted by atomic mass is 9.92. The quantitative estimate of drug-likeness (QED) is 0.602. The Morgan fingerprint density at radius 1 is 1.00 bits per heavy atom. The molecule has 0 bridgehead atoms. The van der Waals surface area contributed by atoms with Crippen LogP contribution in [0.4, 0.5) is 0 Å². The van der Waals surface area contributed by atoms with Crippen molar-refractivity contribution in [2.45, 2.75) is 12.2 Å². The third kappa shape index (κ3) is 3.00. The predicted octanol–water partition coefficient (Wildman–Crippen LogP) is 3.23. The van der Waals surface area contributed by atoms with E-state index >= 15 is 0 Å². The van der Waals surface area contributed by atoms with Crippen molar-refractivity contribution in [1.29, 1.82) is 0 Å². The Kier molecular flexibility index (Phi) is 4.57. The van der Waals surface area contributed by atoms with Gasteiger partial charge in [-0.05, 0) is 34.4 Å². The number of pyridine rings is 1. The molecule has 3 heterocycles. The van der Waals surface area contributed by atoms with E-state index in [-0.39, 0.29) is 17.6 Å². The van der Waals surface area contributed by atoms with Gasteiger partial charge in [0.05, 0.1) is 19.3 Å². The molecule has 0 saturated carbocycles. The van der Waals surface area contributed by atoms with Gasteiger partial charge < -0.3 is 14.7 Å². The number of rotatable bonds is 1. The summed E-state index contributed by atoms with van der Waals surface area (Å²) in [5, 5.41) is 13.3. The van der Waals surface area contributed by atoms with Crippen molar-refractivity contribution in [2.24, 2.45) is 0 Å². The molecule has 7 nitrogen and oxygen atoms in total. The summed E-state index contributed by atoms with van der Waals surface area (Å²) in [4.78, 5) is 27.3. The molecule has 0 radical (unpaired) electrons. The van der Waals surface area contributed by atoms with Crippen LogP contribution in [0, 0.1) is 0 Å².